The van der Waals surface area contributed by atoms with Crippen LogP contribution in [-0.2, 0) is 26.5 Å². The third-order valence-electron chi connectivity index (χ3n) is 6.73. The largest absolute Gasteiger partial charge is 0.323 e. The average molecular weight is 458 g/mol. The molecule has 0 radical (unpaired) electrons. The molecule has 5 rings (SSSR count). The van der Waals surface area contributed by atoms with Gasteiger partial charge in [0.2, 0.25) is 17.7 Å². The second kappa shape index (κ2) is 7.05. The molecular formula is C23H21Cl2N3O3. The number of amides is 3. The smallest absolute Gasteiger partial charge is 0.250 e. The van der Waals surface area contributed by atoms with Crippen molar-refractivity contribution in [3.63, 3.8) is 0 Å². The van der Waals surface area contributed by atoms with Crippen LogP contribution in [0.15, 0.2) is 42.5 Å². The molecule has 0 aromatic heterocycles. The maximum Gasteiger partial charge on any atom is 0.250 e. The predicted octanol–water partition coefficient (Wildman–Crippen LogP) is 3.57. The topological polar surface area (TPSA) is 78.5 Å². The second-order valence-electron chi connectivity index (χ2n) is 8.70. The minimum Gasteiger partial charge on any atom is -0.323 e. The number of anilines is 1. The van der Waals surface area contributed by atoms with E-state index in [1.807, 2.05) is 19.9 Å². The molecule has 8 heteroatoms. The van der Waals surface area contributed by atoms with Gasteiger partial charge in [-0.25, -0.2) is 0 Å². The molecule has 2 fully saturated rings. The van der Waals surface area contributed by atoms with E-state index in [-0.39, 0.29) is 36.2 Å². The number of nitrogens with one attached hydrogen (secondary N) is 2. The van der Waals surface area contributed by atoms with Crippen LogP contribution < -0.4 is 10.6 Å². The molecule has 3 heterocycles. The summed E-state index contributed by atoms with van der Waals surface area (Å²) < 4.78 is 0. The van der Waals surface area contributed by atoms with E-state index in [9.17, 15) is 14.4 Å². The van der Waals surface area contributed by atoms with Crippen molar-refractivity contribution in [2.75, 3.05) is 5.32 Å². The van der Waals surface area contributed by atoms with Gasteiger partial charge in [-0.1, -0.05) is 67.4 Å². The quantitative estimate of drug-likeness (QED) is 0.690. The van der Waals surface area contributed by atoms with Crippen LogP contribution in [-0.4, -0.2) is 28.7 Å². The Morgan fingerprint density at radius 1 is 1.00 bits per heavy atom. The number of hydrogen-bond acceptors (Lipinski definition) is 4. The molecule has 0 aliphatic carbocycles. The van der Waals surface area contributed by atoms with Gasteiger partial charge in [0.25, 0.3) is 0 Å². The van der Waals surface area contributed by atoms with Crippen LogP contribution in [0.2, 0.25) is 10.0 Å². The monoisotopic (exact) mass is 457 g/mol. The van der Waals surface area contributed by atoms with Gasteiger partial charge in [0.05, 0.1) is 29.1 Å². The highest BCUT2D eigenvalue weighted by Gasteiger charge is 2.70. The molecule has 3 aliphatic rings. The maximum atomic E-state index is 13.7. The summed E-state index contributed by atoms with van der Waals surface area (Å²) in [6, 6.07) is 12.0. The average Bonchev–Trinajstić information content (AvgIpc) is 3.32. The van der Waals surface area contributed by atoms with Crippen molar-refractivity contribution in [1.82, 2.24) is 10.2 Å². The molecule has 4 atom stereocenters. The fourth-order valence-electron chi connectivity index (χ4n) is 5.31. The predicted molar refractivity (Wildman–Crippen MR) is 118 cm³/mol. The third kappa shape index (κ3) is 2.71. The number of fused-ring (bicyclic) bond motifs is 4. The van der Waals surface area contributed by atoms with Crippen molar-refractivity contribution in [3.8, 4) is 0 Å². The molecular weight excluding hydrogens is 437 g/mol. The van der Waals surface area contributed by atoms with Gasteiger partial charge >= 0.3 is 0 Å². The van der Waals surface area contributed by atoms with E-state index in [0.29, 0.717) is 26.9 Å². The van der Waals surface area contributed by atoms with Crippen molar-refractivity contribution in [2.24, 2.45) is 17.8 Å². The highest BCUT2D eigenvalue weighted by Crippen LogP contribution is 2.55. The Morgan fingerprint density at radius 3 is 2.42 bits per heavy atom. The van der Waals surface area contributed by atoms with Crippen LogP contribution in [0.3, 0.4) is 0 Å². The number of hydrogen-bond donors (Lipinski definition) is 2. The van der Waals surface area contributed by atoms with Gasteiger partial charge in [0.1, 0.15) is 5.54 Å². The van der Waals surface area contributed by atoms with E-state index in [2.05, 4.69) is 10.6 Å². The van der Waals surface area contributed by atoms with E-state index in [0.717, 1.165) is 0 Å². The van der Waals surface area contributed by atoms with Crippen LogP contribution >= 0.6 is 23.2 Å². The molecule has 1 spiro atoms. The van der Waals surface area contributed by atoms with E-state index in [1.54, 1.807) is 36.4 Å². The van der Waals surface area contributed by atoms with Crippen molar-refractivity contribution >= 4 is 46.6 Å². The molecule has 0 bridgehead atoms. The van der Waals surface area contributed by atoms with Crippen LogP contribution in [0.1, 0.15) is 25.0 Å². The Kier molecular flexibility index (Phi) is 4.66. The first-order valence-corrected chi connectivity index (χ1v) is 11.0. The Balaban J connectivity index is 1.63. The van der Waals surface area contributed by atoms with Crippen molar-refractivity contribution in [1.29, 1.82) is 0 Å². The van der Waals surface area contributed by atoms with Gasteiger partial charge in [0, 0.05) is 16.6 Å². The van der Waals surface area contributed by atoms with Gasteiger partial charge in [-0.2, -0.15) is 0 Å². The summed E-state index contributed by atoms with van der Waals surface area (Å²) in [7, 11) is 0. The summed E-state index contributed by atoms with van der Waals surface area (Å²) >= 11 is 12.6. The van der Waals surface area contributed by atoms with E-state index in [4.69, 9.17) is 23.2 Å². The van der Waals surface area contributed by atoms with Gasteiger partial charge < -0.3 is 5.32 Å². The molecule has 0 saturated carbocycles. The maximum absolute atomic E-state index is 13.7. The number of benzene rings is 2. The van der Waals surface area contributed by atoms with Crippen molar-refractivity contribution in [2.45, 2.75) is 32.0 Å². The first-order chi connectivity index (χ1) is 14.8. The number of carbonyl (C=O) groups is 3. The summed E-state index contributed by atoms with van der Waals surface area (Å²) in [6.07, 6.45) is 0. The van der Waals surface area contributed by atoms with Crippen LogP contribution in [0, 0.1) is 17.8 Å². The normalized spacial score (nSPS) is 29.1. The molecule has 0 unspecified atom stereocenters. The number of nitrogens with zero attached hydrogens (tertiary/aromatic N) is 1. The standard InChI is InChI=1S/C23H21Cl2N3O3/c1-11(2)18-16-17(21(30)28(20(16)29)10-12-6-3-4-8-14(12)24)23(27-18)13-7-5-9-15(25)19(13)26-22(23)31/h3-9,11,16-18,27H,10H2,1-2H3,(H,26,31)/t16-,17-,18+,23-/m0/s1. The minimum atomic E-state index is -1.33. The first-order valence-electron chi connectivity index (χ1n) is 10.2. The lowest BCUT2D eigenvalue weighted by molar-refractivity contribution is -0.143. The first kappa shape index (κ1) is 20.5. The molecule has 160 valence electrons. The summed E-state index contributed by atoms with van der Waals surface area (Å²) in [6.45, 7) is 4.04. The molecule has 2 N–H and O–H groups in total. The fourth-order valence-corrected chi connectivity index (χ4v) is 5.73. The lowest BCUT2D eigenvalue weighted by Crippen LogP contribution is -2.53. The Bertz CT molecular complexity index is 1130. The third-order valence-corrected chi connectivity index (χ3v) is 7.41. The fraction of sp³-hybridized carbons (Fsp3) is 0.348. The number of likely N-dealkylation sites (tertiary alicyclic amines) is 1. The Labute approximate surface area is 189 Å². The Morgan fingerprint density at radius 2 is 1.71 bits per heavy atom. The van der Waals surface area contributed by atoms with Crippen LogP contribution in [0.5, 0.6) is 0 Å². The molecule has 2 aromatic rings. The summed E-state index contributed by atoms with van der Waals surface area (Å²) in [5, 5.41) is 7.13. The Hall–Kier alpha value is -2.41. The lowest BCUT2D eigenvalue weighted by Gasteiger charge is -2.30. The number of halogens is 2. The SMILES string of the molecule is CC(C)[C@H]1N[C@]2(C(=O)Nc3c(Cl)cccc32)[C@@H]2C(=O)N(Cc3ccccc3Cl)C(=O)[C@H]12. The van der Waals surface area contributed by atoms with E-state index < -0.39 is 17.4 Å². The molecule has 3 aliphatic heterocycles. The van der Waals surface area contributed by atoms with E-state index >= 15 is 0 Å². The number of para-hydroxylation sites is 1. The van der Waals surface area contributed by atoms with Crippen LogP contribution in [0.4, 0.5) is 5.69 Å². The summed E-state index contributed by atoms with van der Waals surface area (Å²) in [5.74, 6) is -2.47. The van der Waals surface area contributed by atoms with Crippen molar-refractivity contribution in [3.05, 3.63) is 63.6 Å². The van der Waals surface area contributed by atoms with Crippen LogP contribution in [0.25, 0.3) is 0 Å². The zero-order valence-electron chi connectivity index (χ0n) is 17.0. The summed E-state index contributed by atoms with van der Waals surface area (Å²) in [4.78, 5) is 41.8. The molecule has 3 amide bonds. The van der Waals surface area contributed by atoms with Gasteiger partial charge in [-0.05, 0) is 23.6 Å². The van der Waals surface area contributed by atoms with Gasteiger partial charge in [0.15, 0.2) is 0 Å². The zero-order chi connectivity index (χ0) is 22.1. The molecule has 31 heavy (non-hydrogen) atoms. The highest BCUT2D eigenvalue weighted by atomic mass is 35.5. The number of carbonyl (C=O) groups excluding carboxylic acids is 3. The lowest BCUT2D eigenvalue weighted by atomic mass is 9.76. The molecule has 6 nitrogen and oxygen atoms in total. The minimum absolute atomic E-state index is 0.0277. The number of imide groups is 1. The highest BCUT2D eigenvalue weighted by molar-refractivity contribution is 6.35. The molecule has 2 saturated heterocycles. The van der Waals surface area contributed by atoms with E-state index in [1.165, 1.54) is 4.90 Å². The summed E-state index contributed by atoms with van der Waals surface area (Å²) in [5.41, 5.74) is 0.466. The van der Waals surface area contributed by atoms with Gasteiger partial charge in [-0.15, -0.1) is 0 Å². The second-order valence-corrected chi connectivity index (χ2v) is 9.51. The zero-order valence-corrected chi connectivity index (χ0v) is 18.5. The van der Waals surface area contributed by atoms with Crippen molar-refractivity contribution < 1.29 is 14.4 Å². The number of rotatable bonds is 3. The molecule has 2 aromatic carbocycles. The van der Waals surface area contributed by atoms with Gasteiger partial charge in [-0.3, -0.25) is 24.6 Å².